The van der Waals surface area contributed by atoms with Crippen LogP contribution in [0.5, 0.6) is 11.5 Å². The molecule has 0 saturated carbocycles. The molecule has 0 amide bonds. The number of likely N-dealkylation sites (N-methyl/N-ethyl adjacent to an activating group) is 1. The first-order valence-electron chi connectivity index (χ1n) is 10.8. The zero-order valence-corrected chi connectivity index (χ0v) is 17.6. The van der Waals surface area contributed by atoms with Crippen molar-refractivity contribution < 1.29 is 23.7 Å². The zero-order valence-electron chi connectivity index (χ0n) is 17.6. The molecule has 2 aromatic carbocycles. The minimum Gasteiger partial charge on any atom is -0.454 e. The number of fused-ring (bicyclic) bond motifs is 1. The number of nitrogens with zero attached hydrogens (tertiary/aromatic N) is 4. The van der Waals surface area contributed by atoms with Crippen molar-refractivity contribution in [2.75, 3.05) is 39.5 Å². The molecule has 2 aliphatic rings. The first kappa shape index (κ1) is 19.9. The molecule has 1 atom stereocenters. The quantitative estimate of drug-likeness (QED) is 0.555. The van der Waals surface area contributed by atoms with Crippen LogP contribution in [0, 0.1) is 5.82 Å². The SMILES string of the molecule is CC[NH+]1CC[NH+]([C@H](c2ccc(F)cc2)c2nnnn2Cc2ccc3c(c2)OCO3)CC1. The fourth-order valence-electron chi connectivity index (χ4n) is 4.53. The number of nitrogens with one attached hydrogen (secondary N) is 2. The van der Waals surface area contributed by atoms with Crippen LogP contribution in [0.3, 0.4) is 0 Å². The second-order valence-electron chi connectivity index (χ2n) is 8.13. The Morgan fingerprint density at radius 2 is 1.81 bits per heavy atom. The van der Waals surface area contributed by atoms with E-state index in [4.69, 9.17) is 9.47 Å². The van der Waals surface area contributed by atoms with Crippen LogP contribution in [-0.2, 0) is 6.54 Å². The lowest BCUT2D eigenvalue weighted by Gasteiger charge is -2.33. The molecule has 2 N–H and O–H groups in total. The number of halogens is 1. The molecular formula is C22H27FN6O2+2. The standard InChI is InChI=1S/C22H25FN6O2/c1-2-27-9-11-28(12-10-27)21(17-4-6-18(23)7-5-17)22-24-25-26-29(22)14-16-3-8-19-20(13-16)31-15-30-19/h3-8,13,21H,2,9-12,14-15H2,1H3/p+2/t21-/m1/s1. The third kappa shape index (κ3) is 4.11. The fraction of sp³-hybridized carbons (Fsp3) is 0.409. The predicted octanol–water partition coefficient (Wildman–Crippen LogP) is -0.518. The normalized spacial score (nSPS) is 21.2. The van der Waals surface area contributed by atoms with Gasteiger partial charge in [-0.2, -0.15) is 0 Å². The minimum atomic E-state index is -0.238. The Morgan fingerprint density at radius 1 is 1.03 bits per heavy atom. The third-order valence-electron chi connectivity index (χ3n) is 6.30. The summed E-state index contributed by atoms with van der Waals surface area (Å²) in [5, 5.41) is 12.7. The topological polar surface area (TPSA) is 70.9 Å². The van der Waals surface area contributed by atoms with E-state index in [-0.39, 0.29) is 18.7 Å². The smallest absolute Gasteiger partial charge is 0.231 e. The van der Waals surface area contributed by atoms with E-state index in [0.717, 1.165) is 61.2 Å². The number of hydrogen-bond donors (Lipinski definition) is 2. The fourth-order valence-corrected chi connectivity index (χ4v) is 4.53. The van der Waals surface area contributed by atoms with E-state index in [0.29, 0.717) is 6.54 Å². The van der Waals surface area contributed by atoms with Gasteiger partial charge < -0.3 is 19.3 Å². The number of piperazine rings is 1. The molecule has 5 rings (SSSR count). The molecule has 1 fully saturated rings. The van der Waals surface area contributed by atoms with Crippen molar-refractivity contribution >= 4 is 0 Å². The maximum atomic E-state index is 13.6. The lowest BCUT2D eigenvalue weighted by molar-refractivity contribution is -1.02. The summed E-state index contributed by atoms with van der Waals surface area (Å²) in [6.07, 6.45) is 0. The highest BCUT2D eigenvalue weighted by molar-refractivity contribution is 5.44. The summed E-state index contributed by atoms with van der Waals surface area (Å²) >= 11 is 0. The maximum Gasteiger partial charge on any atom is 0.231 e. The summed E-state index contributed by atoms with van der Waals surface area (Å²) in [6.45, 7) is 8.37. The van der Waals surface area contributed by atoms with Gasteiger partial charge in [0.15, 0.2) is 17.5 Å². The van der Waals surface area contributed by atoms with Crippen LogP contribution >= 0.6 is 0 Å². The average Bonchev–Trinajstić information content (AvgIpc) is 3.45. The summed E-state index contributed by atoms with van der Waals surface area (Å²) < 4.78 is 26.4. The van der Waals surface area contributed by atoms with Gasteiger partial charge in [-0.25, -0.2) is 9.07 Å². The highest BCUT2D eigenvalue weighted by Crippen LogP contribution is 2.32. The number of benzene rings is 2. The van der Waals surface area contributed by atoms with Crippen molar-refractivity contribution in [1.82, 2.24) is 20.2 Å². The lowest BCUT2D eigenvalue weighted by Crippen LogP contribution is -3.28. The summed E-state index contributed by atoms with van der Waals surface area (Å²) in [4.78, 5) is 3.02. The van der Waals surface area contributed by atoms with Gasteiger partial charge in [-0.15, -0.1) is 5.10 Å². The number of quaternary nitrogens is 2. The third-order valence-corrected chi connectivity index (χ3v) is 6.30. The van der Waals surface area contributed by atoms with E-state index >= 15 is 0 Å². The van der Waals surface area contributed by atoms with Crippen molar-refractivity contribution in [2.24, 2.45) is 0 Å². The van der Waals surface area contributed by atoms with Crippen molar-refractivity contribution in [2.45, 2.75) is 19.5 Å². The Labute approximate surface area is 180 Å². The summed E-state index contributed by atoms with van der Waals surface area (Å²) in [6, 6.07) is 12.6. The van der Waals surface area contributed by atoms with E-state index < -0.39 is 0 Å². The van der Waals surface area contributed by atoms with E-state index in [1.165, 1.54) is 17.0 Å². The molecule has 9 heteroatoms. The van der Waals surface area contributed by atoms with Crippen LogP contribution in [0.4, 0.5) is 4.39 Å². The van der Waals surface area contributed by atoms with Gasteiger partial charge in [-0.05, 0) is 59.3 Å². The lowest BCUT2D eigenvalue weighted by atomic mass is 10.0. The van der Waals surface area contributed by atoms with Gasteiger partial charge >= 0.3 is 0 Å². The maximum absolute atomic E-state index is 13.6. The summed E-state index contributed by atoms with van der Waals surface area (Å²) in [5.41, 5.74) is 2.06. The van der Waals surface area contributed by atoms with Gasteiger partial charge in [0.2, 0.25) is 12.6 Å². The van der Waals surface area contributed by atoms with Gasteiger partial charge in [-0.3, -0.25) is 0 Å². The van der Waals surface area contributed by atoms with Crippen molar-refractivity contribution in [3.63, 3.8) is 0 Å². The Hall–Kier alpha value is -3.04. The largest absolute Gasteiger partial charge is 0.454 e. The van der Waals surface area contributed by atoms with Crippen molar-refractivity contribution in [1.29, 1.82) is 0 Å². The molecule has 1 aromatic heterocycles. The molecule has 0 bridgehead atoms. The highest BCUT2D eigenvalue weighted by Gasteiger charge is 2.35. The Bertz CT molecular complexity index is 1030. The van der Waals surface area contributed by atoms with E-state index in [1.807, 2.05) is 35.0 Å². The van der Waals surface area contributed by atoms with Crippen LogP contribution in [0.15, 0.2) is 42.5 Å². The molecule has 2 aliphatic heterocycles. The van der Waals surface area contributed by atoms with Crippen LogP contribution in [0.2, 0.25) is 0 Å². The van der Waals surface area contributed by atoms with Crippen molar-refractivity contribution in [3.05, 3.63) is 65.2 Å². The van der Waals surface area contributed by atoms with E-state index in [2.05, 4.69) is 22.4 Å². The van der Waals surface area contributed by atoms with Crippen LogP contribution in [-0.4, -0.2) is 59.7 Å². The predicted molar refractivity (Wildman–Crippen MR) is 110 cm³/mol. The molecule has 0 radical (unpaired) electrons. The van der Waals surface area contributed by atoms with Gasteiger partial charge in [0, 0.05) is 5.56 Å². The average molecular weight is 426 g/mol. The van der Waals surface area contributed by atoms with Crippen LogP contribution in [0.25, 0.3) is 0 Å². The van der Waals surface area contributed by atoms with Gasteiger partial charge in [-0.1, -0.05) is 6.07 Å². The minimum absolute atomic E-state index is 0.0528. The molecule has 0 unspecified atom stereocenters. The second-order valence-corrected chi connectivity index (χ2v) is 8.13. The van der Waals surface area contributed by atoms with Crippen LogP contribution < -0.4 is 19.3 Å². The Kier molecular flexibility index (Phi) is 5.52. The second kappa shape index (κ2) is 8.60. The zero-order chi connectivity index (χ0) is 21.2. The van der Waals surface area contributed by atoms with Gasteiger partial charge in [0.05, 0.1) is 13.1 Å². The molecule has 0 aliphatic carbocycles. The Balaban J connectivity index is 1.46. The Morgan fingerprint density at radius 3 is 2.58 bits per heavy atom. The van der Waals surface area contributed by atoms with Gasteiger partial charge in [0.25, 0.3) is 0 Å². The van der Waals surface area contributed by atoms with E-state index in [9.17, 15) is 4.39 Å². The van der Waals surface area contributed by atoms with E-state index in [1.54, 1.807) is 4.90 Å². The summed E-state index contributed by atoms with van der Waals surface area (Å²) in [7, 11) is 0. The first-order chi connectivity index (χ1) is 15.2. The molecule has 3 heterocycles. The monoisotopic (exact) mass is 426 g/mol. The molecular weight excluding hydrogens is 399 g/mol. The first-order valence-corrected chi connectivity index (χ1v) is 10.8. The number of aromatic nitrogens is 4. The molecule has 0 spiro atoms. The number of rotatable bonds is 6. The molecule has 1 saturated heterocycles. The number of ether oxygens (including phenoxy) is 2. The molecule has 3 aromatic rings. The number of hydrogen-bond acceptors (Lipinski definition) is 5. The molecule has 162 valence electrons. The van der Waals surface area contributed by atoms with Crippen LogP contribution in [0.1, 0.15) is 29.9 Å². The van der Waals surface area contributed by atoms with Crippen molar-refractivity contribution in [3.8, 4) is 11.5 Å². The summed E-state index contributed by atoms with van der Waals surface area (Å²) in [5.74, 6) is 2.05. The highest BCUT2D eigenvalue weighted by atomic mass is 19.1. The number of tetrazole rings is 1. The molecule has 31 heavy (non-hydrogen) atoms. The van der Waals surface area contributed by atoms with Gasteiger partial charge in [0.1, 0.15) is 32.0 Å². The molecule has 8 nitrogen and oxygen atoms in total.